The summed E-state index contributed by atoms with van der Waals surface area (Å²) in [4.78, 5) is 0. The van der Waals surface area contributed by atoms with Gasteiger partial charge in [0.05, 0.1) is 31.9 Å². The van der Waals surface area contributed by atoms with E-state index in [-0.39, 0.29) is 12.0 Å². The van der Waals surface area contributed by atoms with Gasteiger partial charge in [-0.2, -0.15) is 0 Å². The van der Waals surface area contributed by atoms with Gasteiger partial charge in [-0.25, -0.2) is 0 Å². The van der Waals surface area contributed by atoms with Crippen LogP contribution in [0.2, 0.25) is 0 Å². The first kappa shape index (κ1) is 16.8. The van der Waals surface area contributed by atoms with E-state index in [4.69, 9.17) is 4.74 Å². The Morgan fingerprint density at radius 2 is 1.91 bits per heavy atom. The summed E-state index contributed by atoms with van der Waals surface area (Å²) in [6, 6.07) is 6.40. The maximum absolute atomic E-state index is 9.93. The van der Waals surface area contributed by atoms with Crippen LogP contribution in [0.5, 0.6) is 5.75 Å². The van der Waals surface area contributed by atoms with Gasteiger partial charge in [0, 0.05) is 16.5 Å². The molecule has 2 N–H and O–H groups in total. The zero-order valence-electron chi connectivity index (χ0n) is 14.2. The fourth-order valence-electron chi connectivity index (χ4n) is 2.87. The smallest absolute Gasteiger partial charge is 0.143 e. The van der Waals surface area contributed by atoms with Crippen molar-refractivity contribution in [3.05, 3.63) is 29.5 Å². The van der Waals surface area contributed by atoms with Crippen LogP contribution in [0.25, 0.3) is 10.9 Å². The van der Waals surface area contributed by atoms with E-state index < -0.39 is 6.10 Å². The summed E-state index contributed by atoms with van der Waals surface area (Å²) in [5.74, 6) is 0.815. The van der Waals surface area contributed by atoms with Crippen LogP contribution >= 0.6 is 0 Å². The van der Waals surface area contributed by atoms with E-state index in [9.17, 15) is 10.2 Å². The summed E-state index contributed by atoms with van der Waals surface area (Å²) in [6.45, 7) is 8.67. The second kappa shape index (κ2) is 6.31. The highest BCUT2D eigenvalue weighted by atomic mass is 16.5. The molecule has 22 heavy (non-hydrogen) atoms. The highest BCUT2D eigenvalue weighted by Gasteiger charge is 2.24. The lowest BCUT2D eigenvalue weighted by Gasteiger charge is -2.23. The van der Waals surface area contributed by atoms with Gasteiger partial charge in [0.15, 0.2) is 0 Å². The molecule has 1 aromatic carbocycles. The second-order valence-electron chi connectivity index (χ2n) is 6.82. The fraction of sp³-hybridized carbons (Fsp3) is 0.556. The number of hydrogen-bond acceptors (Lipinski definition) is 3. The average Bonchev–Trinajstić information content (AvgIpc) is 2.84. The predicted octanol–water partition coefficient (Wildman–Crippen LogP) is 2.86. The molecule has 0 aliphatic rings. The number of rotatable bonds is 5. The molecule has 0 fully saturated rings. The minimum Gasteiger partial charge on any atom is -0.495 e. The van der Waals surface area contributed by atoms with Crippen LogP contribution < -0.4 is 4.74 Å². The third-order valence-electron chi connectivity index (χ3n) is 4.02. The first-order valence-corrected chi connectivity index (χ1v) is 7.81. The summed E-state index contributed by atoms with van der Waals surface area (Å²) in [5.41, 5.74) is 3.27. The van der Waals surface area contributed by atoms with Crippen molar-refractivity contribution < 1.29 is 14.9 Å². The Morgan fingerprint density at radius 1 is 1.23 bits per heavy atom. The van der Waals surface area contributed by atoms with Crippen molar-refractivity contribution in [3.63, 3.8) is 0 Å². The molecule has 2 rings (SSSR count). The van der Waals surface area contributed by atoms with Gasteiger partial charge in [0.1, 0.15) is 5.75 Å². The maximum atomic E-state index is 9.93. The first-order valence-electron chi connectivity index (χ1n) is 7.81. The molecule has 0 bridgehead atoms. The number of ether oxygens (including phenoxy) is 1. The van der Waals surface area contributed by atoms with Gasteiger partial charge in [0.2, 0.25) is 0 Å². The summed E-state index contributed by atoms with van der Waals surface area (Å²) in [6.07, 6.45) is 0.161. The number of methoxy groups -OCH3 is 1. The van der Waals surface area contributed by atoms with E-state index in [1.54, 1.807) is 7.11 Å². The van der Waals surface area contributed by atoms with Crippen molar-refractivity contribution in [1.29, 1.82) is 0 Å². The number of aliphatic hydroxyl groups is 2. The van der Waals surface area contributed by atoms with Crippen LogP contribution in [-0.2, 0) is 18.4 Å². The normalized spacial score (nSPS) is 13.6. The van der Waals surface area contributed by atoms with E-state index in [0.717, 1.165) is 28.8 Å². The summed E-state index contributed by atoms with van der Waals surface area (Å²) in [7, 11) is 1.67. The number of aryl methyl sites for hydroxylation is 1. The number of aromatic nitrogens is 1. The van der Waals surface area contributed by atoms with Crippen molar-refractivity contribution >= 4 is 10.9 Å². The highest BCUT2D eigenvalue weighted by molar-refractivity contribution is 5.88. The molecule has 0 saturated carbocycles. The van der Waals surface area contributed by atoms with E-state index in [0.29, 0.717) is 6.54 Å². The van der Waals surface area contributed by atoms with Crippen LogP contribution in [0.4, 0.5) is 0 Å². The molecule has 0 saturated heterocycles. The zero-order valence-corrected chi connectivity index (χ0v) is 14.2. The molecular weight excluding hydrogens is 278 g/mol. The molecule has 0 aliphatic heterocycles. The second-order valence-corrected chi connectivity index (χ2v) is 6.82. The van der Waals surface area contributed by atoms with Crippen molar-refractivity contribution in [1.82, 2.24) is 4.57 Å². The molecule has 2 aromatic rings. The topological polar surface area (TPSA) is 54.6 Å². The van der Waals surface area contributed by atoms with E-state index in [2.05, 4.69) is 50.5 Å². The average molecular weight is 305 g/mol. The Labute approximate surface area is 132 Å². The number of fused-ring (bicyclic) bond motifs is 1. The van der Waals surface area contributed by atoms with Crippen molar-refractivity contribution in [2.75, 3.05) is 13.7 Å². The molecule has 0 spiro atoms. The standard InChI is InChI=1S/C18H27NO3/c1-6-12-7-13-9-16(18(2,3)4)19(10-14(21)11-20)17(13)15(8-12)22-5/h7-9,14,20-21H,6,10-11H2,1-5H3. The van der Waals surface area contributed by atoms with Gasteiger partial charge in [-0.3, -0.25) is 0 Å². The van der Waals surface area contributed by atoms with Gasteiger partial charge in [-0.15, -0.1) is 0 Å². The number of nitrogens with zero attached hydrogens (tertiary/aromatic N) is 1. The summed E-state index contributed by atoms with van der Waals surface area (Å²) >= 11 is 0. The molecule has 4 nitrogen and oxygen atoms in total. The highest BCUT2D eigenvalue weighted by Crippen LogP contribution is 2.35. The van der Waals surface area contributed by atoms with Crippen LogP contribution in [0.15, 0.2) is 18.2 Å². The Bertz CT molecular complexity index is 652. The van der Waals surface area contributed by atoms with Crippen LogP contribution in [0.1, 0.15) is 39.0 Å². The lowest BCUT2D eigenvalue weighted by Crippen LogP contribution is -2.25. The quantitative estimate of drug-likeness (QED) is 0.893. The third kappa shape index (κ3) is 3.13. The molecular formula is C18H27NO3. The van der Waals surface area contributed by atoms with Gasteiger partial charge in [-0.1, -0.05) is 27.7 Å². The van der Waals surface area contributed by atoms with Gasteiger partial charge in [0.25, 0.3) is 0 Å². The van der Waals surface area contributed by atoms with Gasteiger partial charge < -0.3 is 19.5 Å². The van der Waals surface area contributed by atoms with Crippen molar-refractivity contribution in [2.45, 2.75) is 52.2 Å². The Morgan fingerprint density at radius 3 is 2.41 bits per heavy atom. The number of hydrogen-bond donors (Lipinski definition) is 2. The number of aliphatic hydroxyl groups excluding tert-OH is 2. The van der Waals surface area contributed by atoms with E-state index >= 15 is 0 Å². The van der Waals surface area contributed by atoms with Crippen LogP contribution in [0.3, 0.4) is 0 Å². The van der Waals surface area contributed by atoms with Gasteiger partial charge in [-0.05, 0) is 30.2 Å². The molecule has 0 amide bonds. The molecule has 0 radical (unpaired) electrons. The number of benzene rings is 1. The van der Waals surface area contributed by atoms with Gasteiger partial charge >= 0.3 is 0 Å². The lowest BCUT2D eigenvalue weighted by atomic mass is 9.92. The molecule has 122 valence electrons. The molecule has 1 heterocycles. The fourth-order valence-corrected chi connectivity index (χ4v) is 2.87. The largest absolute Gasteiger partial charge is 0.495 e. The minimum atomic E-state index is -0.785. The van der Waals surface area contributed by atoms with Crippen molar-refractivity contribution in [3.8, 4) is 5.75 Å². The van der Waals surface area contributed by atoms with Crippen LogP contribution in [-0.4, -0.2) is 34.6 Å². The molecule has 1 atom stereocenters. The summed E-state index contributed by atoms with van der Waals surface area (Å²) in [5, 5.41) is 20.3. The van der Waals surface area contributed by atoms with E-state index in [1.165, 1.54) is 5.56 Å². The summed E-state index contributed by atoms with van der Waals surface area (Å²) < 4.78 is 7.66. The van der Waals surface area contributed by atoms with Crippen molar-refractivity contribution in [2.24, 2.45) is 0 Å². The lowest BCUT2D eigenvalue weighted by molar-refractivity contribution is 0.0809. The predicted molar refractivity (Wildman–Crippen MR) is 89.7 cm³/mol. The zero-order chi connectivity index (χ0) is 16.5. The molecule has 1 unspecified atom stereocenters. The monoisotopic (exact) mass is 305 g/mol. The first-order chi connectivity index (χ1) is 10.3. The Kier molecular flexibility index (Phi) is 4.83. The third-order valence-corrected chi connectivity index (χ3v) is 4.02. The SMILES string of the molecule is CCc1cc(OC)c2c(c1)cc(C(C)(C)C)n2CC(O)CO. The maximum Gasteiger partial charge on any atom is 0.143 e. The Balaban J connectivity index is 2.75. The molecule has 0 aliphatic carbocycles. The molecule has 1 aromatic heterocycles. The Hall–Kier alpha value is -1.52. The minimum absolute atomic E-state index is 0.0639. The molecule has 4 heteroatoms. The van der Waals surface area contributed by atoms with E-state index in [1.807, 2.05) is 0 Å². The van der Waals surface area contributed by atoms with Crippen LogP contribution in [0, 0.1) is 0 Å².